The molecule has 3 nitrogen and oxygen atoms in total. The molecule has 0 aliphatic carbocycles. The minimum atomic E-state index is 0.784. The van der Waals surface area contributed by atoms with E-state index < -0.39 is 0 Å². The Morgan fingerprint density at radius 3 is 2.53 bits per heavy atom. The number of nitrogens with zero attached hydrogens (tertiary/aromatic N) is 1. The summed E-state index contributed by atoms with van der Waals surface area (Å²) in [5.41, 5.74) is 0. The highest BCUT2D eigenvalue weighted by molar-refractivity contribution is 4.81. The van der Waals surface area contributed by atoms with Crippen LogP contribution in [0.1, 0.15) is 26.2 Å². The summed E-state index contributed by atoms with van der Waals surface area (Å²) in [6, 6.07) is 0.784. The van der Waals surface area contributed by atoms with Crippen molar-refractivity contribution in [3.63, 3.8) is 0 Å². The normalized spacial score (nSPS) is 28.6. The lowest BCUT2D eigenvalue weighted by molar-refractivity contribution is 0.141. The average Bonchev–Trinajstić information content (AvgIpc) is 2.58. The third-order valence-electron chi connectivity index (χ3n) is 4.02. The van der Waals surface area contributed by atoms with Gasteiger partial charge in [0.2, 0.25) is 0 Å². The molecule has 2 N–H and O–H groups in total. The summed E-state index contributed by atoms with van der Waals surface area (Å²) < 4.78 is 0. The van der Waals surface area contributed by atoms with Crippen LogP contribution >= 0.6 is 0 Å². The Labute approximate surface area is 93.6 Å². The van der Waals surface area contributed by atoms with Crippen LogP contribution < -0.4 is 10.6 Å². The van der Waals surface area contributed by atoms with Crippen molar-refractivity contribution in [2.75, 3.05) is 39.3 Å². The summed E-state index contributed by atoms with van der Waals surface area (Å²) in [6.07, 6.45) is 4.05. The third kappa shape index (κ3) is 3.16. The first-order chi connectivity index (χ1) is 7.38. The Hall–Kier alpha value is -0.120. The van der Waals surface area contributed by atoms with Crippen LogP contribution in [-0.4, -0.2) is 50.2 Å². The molecule has 3 heteroatoms. The molecule has 2 heterocycles. The van der Waals surface area contributed by atoms with E-state index >= 15 is 0 Å². The van der Waals surface area contributed by atoms with E-state index in [0.717, 1.165) is 12.0 Å². The molecule has 2 rings (SSSR count). The minimum absolute atomic E-state index is 0.784. The van der Waals surface area contributed by atoms with Gasteiger partial charge in [-0.15, -0.1) is 0 Å². The molecule has 2 aliphatic rings. The Morgan fingerprint density at radius 2 is 1.73 bits per heavy atom. The van der Waals surface area contributed by atoms with Gasteiger partial charge in [-0.3, -0.25) is 4.90 Å². The predicted molar refractivity (Wildman–Crippen MR) is 64.1 cm³/mol. The van der Waals surface area contributed by atoms with Gasteiger partial charge in [0.05, 0.1) is 0 Å². The van der Waals surface area contributed by atoms with E-state index in [2.05, 4.69) is 22.5 Å². The smallest absolute Gasteiger partial charge is 0.0110 e. The largest absolute Gasteiger partial charge is 0.317 e. The molecule has 2 saturated heterocycles. The molecule has 2 aliphatic heterocycles. The van der Waals surface area contributed by atoms with Crippen LogP contribution in [0.2, 0.25) is 0 Å². The highest BCUT2D eigenvalue weighted by Gasteiger charge is 2.25. The Kier molecular flexibility index (Phi) is 4.42. The zero-order chi connectivity index (χ0) is 10.5. The van der Waals surface area contributed by atoms with Crippen molar-refractivity contribution in [1.82, 2.24) is 15.5 Å². The fourth-order valence-electron chi connectivity index (χ4n) is 2.90. The van der Waals surface area contributed by atoms with Crippen molar-refractivity contribution in [2.45, 2.75) is 32.2 Å². The summed E-state index contributed by atoms with van der Waals surface area (Å²) in [6.45, 7) is 9.79. The monoisotopic (exact) mass is 211 g/mol. The van der Waals surface area contributed by atoms with E-state index in [4.69, 9.17) is 0 Å². The molecular weight excluding hydrogens is 186 g/mol. The molecule has 2 fully saturated rings. The number of piperidine rings is 1. The summed E-state index contributed by atoms with van der Waals surface area (Å²) in [7, 11) is 0. The number of nitrogens with one attached hydrogen (secondary N) is 2. The lowest BCUT2D eigenvalue weighted by Crippen LogP contribution is -2.44. The van der Waals surface area contributed by atoms with E-state index in [1.165, 1.54) is 58.5 Å². The molecule has 1 unspecified atom stereocenters. The quantitative estimate of drug-likeness (QED) is 0.703. The number of rotatable bonds is 2. The SMILES string of the molecule is CC(C1CCNCC1)N1CCCNCC1. The second kappa shape index (κ2) is 5.83. The van der Waals surface area contributed by atoms with Gasteiger partial charge < -0.3 is 10.6 Å². The van der Waals surface area contributed by atoms with Crippen molar-refractivity contribution in [2.24, 2.45) is 5.92 Å². The van der Waals surface area contributed by atoms with E-state index in [-0.39, 0.29) is 0 Å². The van der Waals surface area contributed by atoms with Crippen molar-refractivity contribution in [1.29, 1.82) is 0 Å². The Bertz CT molecular complexity index is 170. The highest BCUT2D eigenvalue weighted by atomic mass is 15.2. The maximum absolute atomic E-state index is 3.48. The van der Waals surface area contributed by atoms with Crippen LogP contribution in [-0.2, 0) is 0 Å². The van der Waals surface area contributed by atoms with Gasteiger partial charge >= 0.3 is 0 Å². The van der Waals surface area contributed by atoms with Gasteiger partial charge in [-0.05, 0) is 58.3 Å². The van der Waals surface area contributed by atoms with Gasteiger partial charge in [0.1, 0.15) is 0 Å². The molecule has 15 heavy (non-hydrogen) atoms. The van der Waals surface area contributed by atoms with Gasteiger partial charge in [-0.1, -0.05) is 0 Å². The minimum Gasteiger partial charge on any atom is -0.317 e. The van der Waals surface area contributed by atoms with Crippen LogP contribution in [0.4, 0.5) is 0 Å². The van der Waals surface area contributed by atoms with Crippen LogP contribution in [0.3, 0.4) is 0 Å². The van der Waals surface area contributed by atoms with Crippen LogP contribution in [0.25, 0.3) is 0 Å². The maximum Gasteiger partial charge on any atom is 0.0110 e. The molecule has 0 amide bonds. The number of hydrogen-bond acceptors (Lipinski definition) is 3. The van der Waals surface area contributed by atoms with Crippen molar-refractivity contribution in [3.8, 4) is 0 Å². The van der Waals surface area contributed by atoms with Gasteiger partial charge in [0.15, 0.2) is 0 Å². The molecular formula is C12H25N3. The van der Waals surface area contributed by atoms with E-state index in [1.807, 2.05) is 0 Å². The zero-order valence-corrected chi connectivity index (χ0v) is 9.97. The third-order valence-corrected chi connectivity index (χ3v) is 4.02. The summed E-state index contributed by atoms with van der Waals surface area (Å²) in [4.78, 5) is 2.69. The lowest BCUT2D eigenvalue weighted by atomic mass is 9.90. The summed E-state index contributed by atoms with van der Waals surface area (Å²) in [5.74, 6) is 0.921. The van der Waals surface area contributed by atoms with Crippen molar-refractivity contribution < 1.29 is 0 Å². The maximum atomic E-state index is 3.48. The first-order valence-electron chi connectivity index (χ1n) is 6.53. The summed E-state index contributed by atoms with van der Waals surface area (Å²) >= 11 is 0. The molecule has 0 saturated carbocycles. The number of hydrogen-bond donors (Lipinski definition) is 2. The molecule has 0 aromatic heterocycles. The van der Waals surface area contributed by atoms with Gasteiger partial charge in [-0.25, -0.2) is 0 Å². The van der Waals surface area contributed by atoms with Gasteiger partial charge in [0, 0.05) is 19.1 Å². The fourth-order valence-corrected chi connectivity index (χ4v) is 2.90. The van der Waals surface area contributed by atoms with Crippen LogP contribution in [0, 0.1) is 5.92 Å². The zero-order valence-electron chi connectivity index (χ0n) is 9.97. The molecule has 1 atom stereocenters. The highest BCUT2D eigenvalue weighted by Crippen LogP contribution is 2.21. The molecule has 0 spiro atoms. The van der Waals surface area contributed by atoms with E-state index in [1.54, 1.807) is 0 Å². The van der Waals surface area contributed by atoms with Gasteiger partial charge in [0.25, 0.3) is 0 Å². The molecule has 0 aromatic carbocycles. The van der Waals surface area contributed by atoms with Crippen molar-refractivity contribution >= 4 is 0 Å². The van der Waals surface area contributed by atoms with Crippen LogP contribution in [0.15, 0.2) is 0 Å². The van der Waals surface area contributed by atoms with Gasteiger partial charge in [-0.2, -0.15) is 0 Å². The lowest BCUT2D eigenvalue weighted by Gasteiger charge is -2.36. The molecule has 0 bridgehead atoms. The first kappa shape index (κ1) is 11.4. The Balaban J connectivity index is 1.83. The summed E-state index contributed by atoms with van der Waals surface area (Å²) in [5, 5.41) is 6.93. The topological polar surface area (TPSA) is 27.3 Å². The second-order valence-corrected chi connectivity index (χ2v) is 4.97. The average molecular weight is 211 g/mol. The van der Waals surface area contributed by atoms with Crippen molar-refractivity contribution in [3.05, 3.63) is 0 Å². The Morgan fingerprint density at radius 1 is 1.00 bits per heavy atom. The second-order valence-electron chi connectivity index (χ2n) is 4.97. The van der Waals surface area contributed by atoms with E-state index in [0.29, 0.717) is 0 Å². The van der Waals surface area contributed by atoms with E-state index in [9.17, 15) is 0 Å². The predicted octanol–water partition coefficient (Wildman–Crippen LogP) is 0.670. The van der Waals surface area contributed by atoms with Crippen LogP contribution in [0.5, 0.6) is 0 Å². The molecule has 0 radical (unpaired) electrons. The standard InChI is InChI=1S/C12H25N3/c1-11(12-3-6-14-7-4-12)15-9-2-5-13-8-10-15/h11-14H,2-10H2,1H3. The first-order valence-corrected chi connectivity index (χ1v) is 6.53. The molecule has 88 valence electrons. The molecule has 0 aromatic rings. The fraction of sp³-hybridized carbons (Fsp3) is 1.00.